The van der Waals surface area contributed by atoms with Gasteiger partial charge in [-0.25, -0.2) is 5.10 Å². The van der Waals surface area contributed by atoms with Crippen LogP contribution in [0.15, 0.2) is 58.7 Å². The second-order valence-electron chi connectivity index (χ2n) is 7.85. The number of nitrogens with one attached hydrogen (secondary N) is 2. The van der Waals surface area contributed by atoms with E-state index in [2.05, 4.69) is 51.2 Å². The third-order valence-electron chi connectivity index (χ3n) is 5.77. The van der Waals surface area contributed by atoms with Crippen LogP contribution >= 0.6 is 11.3 Å². The molecule has 7 nitrogen and oxygen atoms in total. The molecule has 0 spiro atoms. The van der Waals surface area contributed by atoms with Crippen molar-refractivity contribution in [2.75, 3.05) is 20.1 Å². The molecule has 1 atom stereocenters. The van der Waals surface area contributed by atoms with Crippen LogP contribution < -0.4 is 10.9 Å². The first-order chi connectivity index (χ1) is 15.0. The zero-order valence-corrected chi connectivity index (χ0v) is 18.1. The fourth-order valence-corrected chi connectivity index (χ4v) is 4.96. The molecule has 1 saturated heterocycles. The van der Waals surface area contributed by atoms with Gasteiger partial charge in [0.15, 0.2) is 0 Å². The molecule has 1 aliphatic rings. The van der Waals surface area contributed by atoms with E-state index in [4.69, 9.17) is 0 Å². The van der Waals surface area contributed by atoms with Gasteiger partial charge in [0, 0.05) is 31.1 Å². The number of amides is 2. The van der Waals surface area contributed by atoms with E-state index < -0.39 is 5.41 Å². The normalized spacial score (nSPS) is 18.5. The smallest absolute Gasteiger partial charge is 0.274 e. The van der Waals surface area contributed by atoms with E-state index in [9.17, 15) is 14.4 Å². The van der Waals surface area contributed by atoms with Gasteiger partial charge in [-0.15, -0.1) is 11.3 Å². The minimum absolute atomic E-state index is 0.0678. The highest BCUT2D eigenvalue weighted by atomic mass is 32.1. The molecule has 160 valence electrons. The molecule has 3 aromatic rings. The fourth-order valence-electron chi connectivity index (χ4n) is 4.23. The first kappa shape index (κ1) is 21.0. The minimum Gasteiger partial charge on any atom is -0.359 e. The summed E-state index contributed by atoms with van der Waals surface area (Å²) < 4.78 is 0. The molecule has 0 unspecified atom stereocenters. The largest absolute Gasteiger partial charge is 0.359 e. The number of likely N-dealkylation sites (tertiary alicyclic amines) is 1. The first-order valence-electron chi connectivity index (χ1n) is 10.2. The average molecular weight is 437 g/mol. The summed E-state index contributed by atoms with van der Waals surface area (Å²) in [4.78, 5) is 40.1. The van der Waals surface area contributed by atoms with Gasteiger partial charge in [-0.05, 0) is 47.9 Å². The third-order valence-corrected chi connectivity index (χ3v) is 6.69. The molecule has 31 heavy (non-hydrogen) atoms. The van der Waals surface area contributed by atoms with Crippen LogP contribution in [0.1, 0.15) is 28.9 Å². The van der Waals surface area contributed by atoms with E-state index in [1.165, 1.54) is 17.0 Å². The van der Waals surface area contributed by atoms with Crippen molar-refractivity contribution in [1.82, 2.24) is 20.4 Å². The number of aromatic nitrogens is 2. The summed E-state index contributed by atoms with van der Waals surface area (Å²) in [6, 6.07) is 15.1. The molecule has 0 saturated carbocycles. The van der Waals surface area contributed by atoms with Gasteiger partial charge in [-0.3, -0.25) is 14.4 Å². The van der Waals surface area contributed by atoms with Crippen LogP contribution in [0.5, 0.6) is 0 Å². The number of thiophene rings is 1. The van der Waals surface area contributed by atoms with Crippen LogP contribution in [0.3, 0.4) is 0 Å². The number of aromatic amines is 1. The van der Waals surface area contributed by atoms with E-state index >= 15 is 0 Å². The van der Waals surface area contributed by atoms with Crippen LogP contribution in [0.2, 0.25) is 0 Å². The van der Waals surface area contributed by atoms with Crippen LogP contribution in [-0.4, -0.2) is 47.0 Å². The maximum absolute atomic E-state index is 13.0. The Bertz CT molecular complexity index is 1100. The average Bonchev–Trinajstić information content (AvgIpc) is 3.34. The first-order valence-corrected chi connectivity index (χ1v) is 11.1. The van der Waals surface area contributed by atoms with Gasteiger partial charge in [-0.2, -0.15) is 5.10 Å². The Morgan fingerprint density at radius 2 is 2.00 bits per heavy atom. The molecule has 0 radical (unpaired) electrons. The zero-order valence-electron chi connectivity index (χ0n) is 17.3. The number of piperidine rings is 1. The van der Waals surface area contributed by atoms with Gasteiger partial charge in [-0.1, -0.05) is 30.3 Å². The van der Waals surface area contributed by atoms with Gasteiger partial charge in [0.25, 0.3) is 11.5 Å². The van der Waals surface area contributed by atoms with Gasteiger partial charge in [0.05, 0.1) is 5.41 Å². The van der Waals surface area contributed by atoms with E-state index in [1.807, 2.05) is 6.07 Å². The number of carbonyl (C=O) groups excluding carboxylic acids is 2. The summed E-state index contributed by atoms with van der Waals surface area (Å²) in [6.07, 6.45) is 1.96. The van der Waals surface area contributed by atoms with E-state index in [-0.39, 0.29) is 23.1 Å². The molecule has 0 bridgehead atoms. The number of nitrogens with zero attached hydrogens (tertiary/aromatic N) is 2. The molecule has 1 aliphatic heterocycles. The molecule has 2 N–H and O–H groups in total. The number of hydrogen-bond donors (Lipinski definition) is 2. The summed E-state index contributed by atoms with van der Waals surface area (Å²) in [5.41, 5.74) is 1.31. The van der Waals surface area contributed by atoms with Crippen LogP contribution in [0.4, 0.5) is 0 Å². The monoisotopic (exact) mass is 436 g/mol. The van der Waals surface area contributed by atoms with Crippen molar-refractivity contribution in [3.8, 4) is 10.4 Å². The lowest BCUT2D eigenvalue weighted by Crippen LogP contribution is -2.54. The maximum atomic E-state index is 13.0. The molecular weight excluding hydrogens is 412 g/mol. The van der Waals surface area contributed by atoms with Crippen molar-refractivity contribution in [2.24, 2.45) is 5.41 Å². The van der Waals surface area contributed by atoms with Crippen LogP contribution in [0.25, 0.3) is 10.4 Å². The molecule has 0 aliphatic carbocycles. The predicted octanol–water partition coefficient (Wildman–Crippen LogP) is 2.71. The Morgan fingerprint density at radius 3 is 2.65 bits per heavy atom. The lowest BCUT2D eigenvalue weighted by molar-refractivity contribution is -0.133. The number of rotatable bonds is 5. The van der Waals surface area contributed by atoms with Crippen molar-refractivity contribution >= 4 is 23.2 Å². The lowest BCUT2D eigenvalue weighted by Gasteiger charge is -2.41. The molecule has 8 heteroatoms. The topological polar surface area (TPSA) is 95.2 Å². The fraction of sp³-hybridized carbons (Fsp3) is 0.304. The Balaban J connectivity index is 1.57. The third kappa shape index (κ3) is 4.44. The Morgan fingerprint density at radius 1 is 1.19 bits per heavy atom. The standard InChI is InChI=1S/C23H24N4O3S/c1-24-22(30)23(14-16-5-7-17(8-6-16)19-4-2-13-31-19)11-3-12-27(15-23)21(29)18-9-10-20(28)26-25-18/h2,4-10,13H,3,11-12,14-15H2,1H3,(H,24,30)(H,26,28)/t23-/m1/s1. The van der Waals surface area contributed by atoms with Crippen molar-refractivity contribution in [3.05, 3.63) is 75.5 Å². The van der Waals surface area contributed by atoms with Crippen LogP contribution in [0, 0.1) is 5.41 Å². The summed E-state index contributed by atoms with van der Waals surface area (Å²) in [6.45, 7) is 0.856. The summed E-state index contributed by atoms with van der Waals surface area (Å²) in [5, 5.41) is 11.0. The van der Waals surface area contributed by atoms with Crippen LogP contribution in [-0.2, 0) is 11.2 Å². The quantitative estimate of drug-likeness (QED) is 0.643. The molecule has 2 aromatic heterocycles. The lowest BCUT2D eigenvalue weighted by atomic mass is 9.74. The Kier molecular flexibility index (Phi) is 5.99. The molecule has 3 heterocycles. The highest BCUT2D eigenvalue weighted by Gasteiger charge is 2.43. The molecule has 4 rings (SSSR count). The number of hydrogen-bond acceptors (Lipinski definition) is 5. The van der Waals surface area contributed by atoms with Crippen molar-refractivity contribution in [2.45, 2.75) is 19.3 Å². The van der Waals surface area contributed by atoms with Crippen molar-refractivity contribution in [1.29, 1.82) is 0 Å². The van der Waals surface area contributed by atoms with E-state index in [1.54, 1.807) is 23.3 Å². The predicted molar refractivity (Wildman–Crippen MR) is 120 cm³/mol. The number of benzene rings is 1. The minimum atomic E-state index is -0.713. The highest BCUT2D eigenvalue weighted by molar-refractivity contribution is 7.13. The molecule has 1 aromatic carbocycles. The van der Waals surface area contributed by atoms with Gasteiger partial charge < -0.3 is 10.2 Å². The van der Waals surface area contributed by atoms with E-state index in [0.717, 1.165) is 17.5 Å². The molecule has 2 amide bonds. The molecular formula is C23H24N4O3S. The maximum Gasteiger partial charge on any atom is 0.274 e. The second-order valence-corrected chi connectivity index (χ2v) is 8.79. The zero-order chi connectivity index (χ0) is 21.8. The van der Waals surface area contributed by atoms with Gasteiger partial charge in [0.1, 0.15) is 5.69 Å². The highest BCUT2D eigenvalue weighted by Crippen LogP contribution is 2.35. The summed E-state index contributed by atoms with van der Waals surface area (Å²) in [5.74, 6) is -0.348. The van der Waals surface area contributed by atoms with Gasteiger partial charge in [0.2, 0.25) is 5.91 Å². The Hall–Kier alpha value is -3.26. The second kappa shape index (κ2) is 8.85. The number of H-pyrrole nitrogens is 1. The summed E-state index contributed by atoms with van der Waals surface area (Å²) in [7, 11) is 1.63. The van der Waals surface area contributed by atoms with E-state index in [0.29, 0.717) is 25.9 Å². The van der Waals surface area contributed by atoms with Crippen molar-refractivity contribution < 1.29 is 9.59 Å². The van der Waals surface area contributed by atoms with Crippen molar-refractivity contribution in [3.63, 3.8) is 0 Å². The molecule has 1 fully saturated rings. The summed E-state index contributed by atoms with van der Waals surface area (Å²) >= 11 is 1.69. The number of carbonyl (C=O) groups is 2. The SMILES string of the molecule is CNC(=O)[C@@]1(Cc2ccc(-c3cccs3)cc2)CCCN(C(=O)c2ccc(=O)[nH]n2)C1. The Labute approximate surface area is 184 Å². The van der Waals surface area contributed by atoms with Gasteiger partial charge >= 0.3 is 0 Å².